The van der Waals surface area contributed by atoms with Gasteiger partial charge >= 0.3 is 23.9 Å². The van der Waals surface area contributed by atoms with Crippen molar-refractivity contribution in [3.63, 3.8) is 0 Å². The summed E-state index contributed by atoms with van der Waals surface area (Å²) in [6.07, 6.45) is -7.07. The van der Waals surface area contributed by atoms with Gasteiger partial charge in [-0.25, -0.2) is 4.39 Å². The first-order valence-corrected chi connectivity index (χ1v) is 5.56. The normalized spacial score (nSPS) is 13.5. The standard InChI is InChI=1S/C12H3F10NO/c13-7-3-5(1-2-6(7)4-23)8(24)9(14,15)10(16,17)11(18,19)12(20,21)22/h1-3H. The lowest BCUT2D eigenvalue weighted by Crippen LogP contribution is -2.63. The molecule has 0 amide bonds. The lowest BCUT2D eigenvalue weighted by atomic mass is 9.95. The first-order valence-electron chi connectivity index (χ1n) is 5.56. The van der Waals surface area contributed by atoms with E-state index in [-0.39, 0.29) is 12.1 Å². The Morgan fingerprint density at radius 1 is 0.917 bits per heavy atom. The molecule has 0 aromatic heterocycles. The average Bonchev–Trinajstić information content (AvgIpc) is 2.44. The van der Waals surface area contributed by atoms with E-state index in [2.05, 4.69) is 0 Å². The molecule has 12 heteroatoms. The molecular formula is C12H3F10NO. The summed E-state index contributed by atoms with van der Waals surface area (Å²) in [5, 5.41) is 8.37. The van der Waals surface area contributed by atoms with Gasteiger partial charge in [-0.3, -0.25) is 4.79 Å². The molecule has 0 fully saturated rings. The predicted molar refractivity (Wildman–Crippen MR) is 56.3 cm³/mol. The summed E-state index contributed by atoms with van der Waals surface area (Å²) in [6.45, 7) is 0. The zero-order valence-corrected chi connectivity index (χ0v) is 10.9. The minimum Gasteiger partial charge on any atom is -0.287 e. The van der Waals surface area contributed by atoms with Crippen LogP contribution in [0.2, 0.25) is 0 Å². The highest BCUT2D eigenvalue weighted by Gasteiger charge is 2.83. The van der Waals surface area contributed by atoms with Crippen molar-refractivity contribution in [1.82, 2.24) is 0 Å². The Morgan fingerprint density at radius 3 is 1.79 bits per heavy atom. The third-order valence-corrected chi connectivity index (χ3v) is 2.78. The molecule has 0 aliphatic carbocycles. The first kappa shape index (κ1) is 19.7. The summed E-state index contributed by atoms with van der Waals surface area (Å²) in [4.78, 5) is 11.3. The van der Waals surface area contributed by atoms with E-state index in [9.17, 15) is 48.7 Å². The van der Waals surface area contributed by atoms with Crippen molar-refractivity contribution in [1.29, 1.82) is 5.26 Å². The molecule has 1 aromatic carbocycles. The van der Waals surface area contributed by atoms with Gasteiger partial charge in [0.1, 0.15) is 11.9 Å². The van der Waals surface area contributed by atoms with Gasteiger partial charge < -0.3 is 0 Å². The van der Waals surface area contributed by atoms with E-state index in [0.717, 1.165) is 0 Å². The summed E-state index contributed by atoms with van der Waals surface area (Å²) in [7, 11) is 0. The van der Waals surface area contributed by atoms with E-state index in [1.807, 2.05) is 0 Å². The molecule has 0 aliphatic rings. The van der Waals surface area contributed by atoms with Crippen LogP contribution in [0.3, 0.4) is 0 Å². The molecule has 0 radical (unpaired) electrons. The smallest absolute Gasteiger partial charge is 0.287 e. The molecule has 1 rings (SSSR count). The molecule has 132 valence electrons. The lowest BCUT2D eigenvalue weighted by Gasteiger charge is -2.32. The Morgan fingerprint density at radius 2 is 1.42 bits per heavy atom. The SMILES string of the molecule is N#Cc1ccc(C(=O)C(F)(F)C(F)(F)C(F)(F)C(F)(F)F)cc1F. The van der Waals surface area contributed by atoms with Gasteiger partial charge in [0.2, 0.25) is 5.78 Å². The molecule has 24 heavy (non-hydrogen) atoms. The lowest BCUT2D eigenvalue weighted by molar-refractivity contribution is -0.386. The Kier molecular flexibility index (Phi) is 4.64. The number of hydrogen-bond acceptors (Lipinski definition) is 2. The molecule has 0 N–H and O–H groups in total. The first-order chi connectivity index (χ1) is 10.6. The number of nitrogens with zero attached hydrogens (tertiary/aromatic N) is 1. The fourth-order valence-corrected chi connectivity index (χ4v) is 1.45. The second kappa shape index (κ2) is 5.64. The number of alkyl halides is 9. The van der Waals surface area contributed by atoms with Gasteiger partial charge in [0, 0.05) is 5.56 Å². The molecule has 0 spiro atoms. The van der Waals surface area contributed by atoms with Crippen LogP contribution in [0.15, 0.2) is 18.2 Å². The zero-order valence-electron chi connectivity index (χ0n) is 10.9. The van der Waals surface area contributed by atoms with Crippen molar-refractivity contribution < 1.29 is 48.7 Å². The molecule has 0 heterocycles. The highest BCUT2D eigenvalue weighted by Crippen LogP contribution is 2.53. The number of ketones is 1. The third-order valence-electron chi connectivity index (χ3n) is 2.78. The van der Waals surface area contributed by atoms with E-state index in [1.54, 1.807) is 0 Å². The second-order valence-electron chi connectivity index (χ2n) is 4.36. The molecule has 0 atom stereocenters. The summed E-state index contributed by atoms with van der Waals surface area (Å²) in [6, 6.07) is 1.62. The molecule has 0 saturated carbocycles. The largest absolute Gasteiger partial charge is 0.460 e. The van der Waals surface area contributed by atoms with Gasteiger partial charge in [-0.2, -0.15) is 44.8 Å². The molecular weight excluding hydrogens is 364 g/mol. The summed E-state index contributed by atoms with van der Waals surface area (Å²) in [5.74, 6) is -25.7. The van der Waals surface area contributed by atoms with E-state index in [1.165, 1.54) is 6.07 Å². The van der Waals surface area contributed by atoms with Crippen molar-refractivity contribution in [3.8, 4) is 6.07 Å². The zero-order chi connectivity index (χ0) is 19.1. The van der Waals surface area contributed by atoms with Crippen molar-refractivity contribution in [2.75, 3.05) is 0 Å². The van der Waals surface area contributed by atoms with Gasteiger partial charge in [-0.1, -0.05) is 0 Å². The maximum atomic E-state index is 13.4. The molecule has 2 nitrogen and oxygen atoms in total. The van der Waals surface area contributed by atoms with Gasteiger partial charge in [0.25, 0.3) is 0 Å². The monoisotopic (exact) mass is 367 g/mol. The summed E-state index contributed by atoms with van der Waals surface area (Å²) < 4.78 is 127. The predicted octanol–water partition coefficient (Wildman–Crippen LogP) is 4.35. The van der Waals surface area contributed by atoms with Gasteiger partial charge in [0.15, 0.2) is 0 Å². The minimum atomic E-state index is -7.23. The van der Waals surface area contributed by atoms with E-state index >= 15 is 0 Å². The number of benzene rings is 1. The maximum absolute atomic E-state index is 13.4. The molecule has 0 aliphatic heterocycles. The highest BCUT2D eigenvalue weighted by molar-refractivity contribution is 6.02. The van der Waals surface area contributed by atoms with Crippen LogP contribution < -0.4 is 0 Å². The van der Waals surface area contributed by atoms with Gasteiger partial charge in [-0.05, 0) is 18.2 Å². The minimum absolute atomic E-state index is 0.156. The van der Waals surface area contributed by atoms with Crippen LogP contribution in [0.1, 0.15) is 15.9 Å². The fraction of sp³-hybridized carbons (Fsp3) is 0.333. The van der Waals surface area contributed by atoms with Crippen molar-refractivity contribution in [3.05, 3.63) is 35.1 Å². The number of Topliss-reactive ketones (excluding diaryl/α,β-unsaturated/α-hetero) is 1. The van der Waals surface area contributed by atoms with Crippen LogP contribution in [0.4, 0.5) is 43.9 Å². The Hall–Kier alpha value is -2.32. The fourth-order valence-electron chi connectivity index (χ4n) is 1.45. The number of carbonyl (C=O) groups is 1. The highest BCUT2D eigenvalue weighted by atomic mass is 19.4. The van der Waals surface area contributed by atoms with Crippen molar-refractivity contribution in [2.45, 2.75) is 23.9 Å². The van der Waals surface area contributed by atoms with Crippen LogP contribution in [-0.4, -0.2) is 29.7 Å². The number of hydrogen-bond donors (Lipinski definition) is 0. The van der Waals surface area contributed by atoms with E-state index < -0.39 is 46.7 Å². The second-order valence-corrected chi connectivity index (χ2v) is 4.36. The summed E-state index contributed by atoms with van der Waals surface area (Å²) >= 11 is 0. The van der Waals surface area contributed by atoms with Crippen LogP contribution in [0, 0.1) is 17.1 Å². The third kappa shape index (κ3) is 2.78. The van der Waals surface area contributed by atoms with Crippen molar-refractivity contribution in [2.24, 2.45) is 0 Å². The Labute approximate surface area is 126 Å². The van der Waals surface area contributed by atoms with Gasteiger partial charge in [0.05, 0.1) is 5.56 Å². The Bertz CT molecular complexity index is 701. The quantitative estimate of drug-likeness (QED) is 0.587. The van der Waals surface area contributed by atoms with Crippen LogP contribution in [-0.2, 0) is 0 Å². The number of nitriles is 1. The maximum Gasteiger partial charge on any atom is 0.460 e. The van der Waals surface area contributed by atoms with E-state index in [4.69, 9.17) is 5.26 Å². The average molecular weight is 367 g/mol. The molecule has 0 bridgehead atoms. The van der Waals surface area contributed by atoms with Crippen molar-refractivity contribution >= 4 is 5.78 Å². The topological polar surface area (TPSA) is 40.9 Å². The summed E-state index contributed by atoms with van der Waals surface area (Å²) in [5.41, 5.74) is -2.42. The molecule has 0 saturated heterocycles. The molecule has 0 unspecified atom stereocenters. The van der Waals surface area contributed by atoms with Gasteiger partial charge in [-0.15, -0.1) is 0 Å². The number of rotatable bonds is 4. The van der Waals surface area contributed by atoms with Crippen LogP contribution >= 0.6 is 0 Å². The molecule has 1 aromatic rings. The van der Waals surface area contributed by atoms with E-state index in [0.29, 0.717) is 6.07 Å². The van der Waals surface area contributed by atoms with Crippen LogP contribution in [0.5, 0.6) is 0 Å². The number of halogens is 10. The number of carbonyl (C=O) groups excluding carboxylic acids is 1. The Balaban J connectivity index is 3.40. The van der Waals surface area contributed by atoms with Crippen LogP contribution in [0.25, 0.3) is 0 Å².